The molecule has 1 saturated carbocycles. The Kier molecular flexibility index (Phi) is 7.14. The second-order valence-electron chi connectivity index (χ2n) is 5.58. The van der Waals surface area contributed by atoms with E-state index in [4.69, 9.17) is 0 Å². The van der Waals surface area contributed by atoms with E-state index in [-0.39, 0.29) is 0 Å². The molecule has 0 aromatic rings. The zero-order valence-corrected chi connectivity index (χ0v) is 12.3. The lowest BCUT2D eigenvalue weighted by atomic mass is 9.88. The maximum atomic E-state index is 3.76. The zero-order chi connectivity index (χ0) is 12.7. The summed E-state index contributed by atoms with van der Waals surface area (Å²) < 4.78 is 0. The summed E-state index contributed by atoms with van der Waals surface area (Å²) >= 11 is 0. The van der Waals surface area contributed by atoms with Crippen molar-refractivity contribution < 1.29 is 0 Å². The maximum absolute atomic E-state index is 3.76. The van der Waals surface area contributed by atoms with E-state index in [0.29, 0.717) is 6.04 Å². The molecule has 1 aliphatic rings. The van der Waals surface area contributed by atoms with Crippen LogP contribution in [0.3, 0.4) is 0 Å². The summed E-state index contributed by atoms with van der Waals surface area (Å²) in [6, 6.07) is 2.28. The quantitative estimate of drug-likeness (QED) is 0.664. The van der Waals surface area contributed by atoms with E-state index in [1.807, 2.05) is 0 Å². The second-order valence-corrected chi connectivity index (χ2v) is 5.58. The highest BCUT2D eigenvalue weighted by Gasteiger charge is 2.30. The van der Waals surface area contributed by atoms with Gasteiger partial charge in [0.25, 0.3) is 0 Å². The first kappa shape index (κ1) is 15.0. The average Bonchev–Trinajstić information content (AvgIpc) is 2.24. The fraction of sp³-hybridized carbons (Fsp3) is 1.00. The summed E-state index contributed by atoms with van der Waals surface area (Å²) in [6.45, 7) is 8.07. The van der Waals surface area contributed by atoms with Crippen LogP contribution in [0.5, 0.6) is 0 Å². The summed E-state index contributed by atoms with van der Waals surface area (Å²) in [5, 5.41) is 3.76. The number of hydrogen-bond donors (Lipinski definition) is 1. The van der Waals surface area contributed by atoms with Crippen molar-refractivity contribution in [3.05, 3.63) is 0 Å². The third-order valence-electron chi connectivity index (χ3n) is 4.31. The van der Waals surface area contributed by atoms with E-state index in [1.165, 1.54) is 51.5 Å². The van der Waals surface area contributed by atoms with Crippen molar-refractivity contribution >= 4 is 0 Å². The molecule has 1 fully saturated rings. The zero-order valence-electron chi connectivity index (χ0n) is 12.3. The normalized spacial score (nSPS) is 20.3. The SMILES string of the molecule is CCCNC(CCC)C(CC)N(C)C1CCC1. The highest BCUT2D eigenvalue weighted by Crippen LogP contribution is 2.27. The Balaban J connectivity index is 2.51. The van der Waals surface area contributed by atoms with Crippen molar-refractivity contribution in [1.82, 2.24) is 10.2 Å². The number of hydrogen-bond acceptors (Lipinski definition) is 2. The molecule has 1 rings (SSSR count). The highest BCUT2D eigenvalue weighted by molar-refractivity contribution is 4.88. The number of likely N-dealkylation sites (N-methyl/N-ethyl adjacent to an activating group) is 1. The van der Waals surface area contributed by atoms with E-state index in [0.717, 1.165) is 12.1 Å². The predicted octanol–water partition coefficient (Wildman–Crippen LogP) is 3.42. The van der Waals surface area contributed by atoms with Gasteiger partial charge in [0, 0.05) is 18.1 Å². The van der Waals surface area contributed by atoms with E-state index in [1.54, 1.807) is 0 Å². The first-order valence-corrected chi connectivity index (χ1v) is 7.69. The third kappa shape index (κ3) is 4.26. The Bertz CT molecular complexity index is 189. The van der Waals surface area contributed by atoms with E-state index in [2.05, 4.69) is 38.0 Å². The van der Waals surface area contributed by atoms with Crippen LogP contribution in [0.1, 0.15) is 65.7 Å². The smallest absolute Gasteiger partial charge is 0.0246 e. The Morgan fingerprint density at radius 2 is 1.88 bits per heavy atom. The fourth-order valence-electron chi connectivity index (χ4n) is 2.99. The van der Waals surface area contributed by atoms with Gasteiger partial charge < -0.3 is 5.32 Å². The lowest BCUT2D eigenvalue weighted by Crippen LogP contribution is -2.53. The van der Waals surface area contributed by atoms with Crippen molar-refractivity contribution in [3.8, 4) is 0 Å². The van der Waals surface area contributed by atoms with Gasteiger partial charge in [-0.3, -0.25) is 4.90 Å². The van der Waals surface area contributed by atoms with Crippen LogP contribution in [-0.2, 0) is 0 Å². The van der Waals surface area contributed by atoms with E-state index >= 15 is 0 Å². The minimum absolute atomic E-state index is 0.690. The predicted molar refractivity (Wildman–Crippen MR) is 76.5 cm³/mol. The molecule has 0 bridgehead atoms. The van der Waals surface area contributed by atoms with Crippen LogP contribution < -0.4 is 5.32 Å². The van der Waals surface area contributed by atoms with Crippen molar-refractivity contribution in [2.45, 2.75) is 83.8 Å². The minimum atomic E-state index is 0.690. The molecule has 2 unspecified atom stereocenters. The molecular weight excluding hydrogens is 208 g/mol. The van der Waals surface area contributed by atoms with Crippen LogP contribution in [0.15, 0.2) is 0 Å². The van der Waals surface area contributed by atoms with E-state index < -0.39 is 0 Å². The molecule has 0 radical (unpaired) electrons. The molecular formula is C15H32N2. The Morgan fingerprint density at radius 1 is 1.18 bits per heavy atom. The molecule has 0 amide bonds. The van der Waals surface area contributed by atoms with Gasteiger partial charge in [0.05, 0.1) is 0 Å². The van der Waals surface area contributed by atoms with E-state index in [9.17, 15) is 0 Å². The van der Waals surface area contributed by atoms with Gasteiger partial charge in [-0.25, -0.2) is 0 Å². The lowest BCUT2D eigenvalue weighted by Gasteiger charge is -2.43. The molecule has 1 aliphatic carbocycles. The van der Waals surface area contributed by atoms with Crippen molar-refractivity contribution in [2.24, 2.45) is 0 Å². The molecule has 2 heteroatoms. The van der Waals surface area contributed by atoms with Crippen LogP contribution >= 0.6 is 0 Å². The Labute approximate surface area is 108 Å². The van der Waals surface area contributed by atoms with Crippen molar-refractivity contribution in [1.29, 1.82) is 0 Å². The Morgan fingerprint density at radius 3 is 2.29 bits per heavy atom. The molecule has 0 spiro atoms. The maximum Gasteiger partial charge on any atom is 0.0246 e. The van der Waals surface area contributed by atoms with Gasteiger partial charge in [-0.2, -0.15) is 0 Å². The van der Waals surface area contributed by atoms with Crippen molar-refractivity contribution in [3.63, 3.8) is 0 Å². The Hall–Kier alpha value is -0.0800. The first-order valence-electron chi connectivity index (χ1n) is 7.69. The summed E-state index contributed by atoms with van der Waals surface area (Å²) in [7, 11) is 2.34. The van der Waals surface area contributed by atoms with Gasteiger partial charge in [-0.1, -0.05) is 33.6 Å². The summed E-state index contributed by atoms with van der Waals surface area (Å²) in [4.78, 5) is 2.66. The topological polar surface area (TPSA) is 15.3 Å². The summed E-state index contributed by atoms with van der Waals surface area (Å²) in [6.07, 6.45) is 9.38. The number of nitrogens with one attached hydrogen (secondary N) is 1. The van der Waals surface area contributed by atoms with Gasteiger partial charge in [-0.05, 0) is 45.7 Å². The molecule has 0 saturated heterocycles. The first-order chi connectivity index (χ1) is 8.24. The van der Waals surface area contributed by atoms with Gasteiger partial charge in [0.2, 0.25) is 0 Å². The highest BCUT2D eigenvalue weighted by atomic mass is 15.2. The monoisotopic (exact) mass is 240 g/mol. The van der Waals surface area contributed by atoms with Crippen LogP contribution in [0.2, 0.25) is 0 Å². The van der Waals surface area contributed by atoms with Gasteiger partial charge in [-0.15, -0.1) is 0 Å². The van der Waals surface area contributed by atoms with Gasteiger partial charge >= 0.3 is 0 Å². The van der Waals surface area contributed by atoms with Crippen LogP contribution in [0.4, 0.5) is 0 Å². The lowest BCUT2D eigenvalue weighted by molar-refractivity contribution is 0.0818. The minimum Gasteiger partial charge on any atom is -0.312 e. The second kappa shape index (κ2) is 8.10. The van der Waals surface area contributed by atoms with Gasteiger partial charge in [0.1, 0.15) is 0 Å². The third-order valence-corrected chi connectivity index (χ3v) is 4.31. The molecule has 2 atom stereocenters. The van der Waals surface area contributed by atoms with Crippen LogP contribution in [0, 0.1) is 0 Å². The molecule has 0 aromatic heterocycles. The molecule has 17 heavy (non-hydrogen) atoms. The average molecular weight is 240 g/mol. The molecule has 102 valence electrons. The summed E-state index contributed by atoms with van der Waals surface area (Å²) in [5.41, 5.74) is 0. The summed E-state index contributed by atoms with van der Waals surface area (Å²) in [5.74, 6) is 0. The molecule has 0 aromatic carbocycles. The molecule has 2 nitrogen and oxygen atoms in total. The van der Waals surface area contributed by atoms with Gasteiger partial charge in [0.15, 0.2) is 0 Å². The largest absolute Gasteiger partial charge is 0.312 e. The molecule has 0 heterocycles. The number of rotatable bonds is 9. The molecule has 0 aliphatic heterocycles. The van der Waals surface area contributed by atoms with Crippen molar-refractivity contribution in [2.75, 3.05) is 13.6 Å². The standard InChI is InChI=1S/C15H32N2/c1-5-9-14(16-12-6-2)15(7-3)17(4)13-10-8-11-13/h13-16H,5-12H2,1-4H3. The molecule has 1 N–H and O–H groups in total. The fourth-order valence-corrected chi connectivity index (χ4v) is 2.99. The van der Waals surface area contributed by atoms with Crippen LogP contribution in [-0.4, -0.2) is 36.6 Å². The number of nitrogens with zero attached hydrogens (tertiary/aromatic N) is 1. The van der Waals surface area contributed by atoms with Crippen LogP contribution in [0.25, 0.3) is 0 Å².